The number of ether oxygens (including phenoxy) is 1. The van der Waals surface area contributed by atoms with E-state index in [2.05, 4.69) is 6.92 Å². The number of thioether (sulfide) groups is 1. The molecule has 6 heteroatoms. The zero-order valence-corrected chi connectivity index (χ0v) is 14.3. The summed E-state index contributed by atoms with van der Waals surface area (Å²) in [5.74, 6) is 0.414. The molecular weight excluding hydrogens is 318 g/mol. The van der Waals surface area contributed by atoms with Crippen molar-refractivity contribution in [2.75, 3.05) is 13.7 Å². The lowest BCUT2D eigenvalue weighted by molar-refractivity contribution is -0.122. The maximum atomic E-state index is 12.4. The molecule has 1 N–H and O–H groups in total. The van der Waals surface area contributed by atoms with Crippen LogP contribution in [0.3, 0.4) is 0 Å². The van der Waals surface area contributed by atoms with E-state index in [4.69, 9.17) is 17.0 Å². The molecule has 1 aliphatic rings. The van der Waals surface area contributed by atoms with E-state index in [1.54, 1.807) is 29.2 Å². The van der Waals surface area contributed by atoms with Gasteiger partial charge in [-0.3, -0.25) is 9.69 Å². The Labute approximate surface area is 140 Å². The summed E-state index contributed by atoms with van der Waals surface area (Å²) in [5, 5.41) is 9.61. The van der Waals surface area contributed by atoms with E-state index >= 15 is 0 Å². The van der Waals surface area contributed by atoms with Gasteiger partial charge in [-0.2, -0.15) is 0 Å². The van der Waals surface area contributed by atoms with Gasteiger partial charge in [0.15, 0.2) is 11.5 Å². The molecule has 0 bridgehead atoms. The highest BCUT2D eigenvalue weighted by Crippen LogP contribution is 2.34. The van der Waals surface area contributed by atoms with E-state index in [9.17, 15) is 9.90 Å². The lowest BCUT2D eigenvalue weighted by atomic mass is 10.2. The molecule has 0 saturated carbocycles. The van der Waals surface area contributed by atoms with Gasteiger partial charge in [0.1, 0.15) is 4.32 Å². The molecule has 0 unspecified atom stereocenters. The number of aromatic hydroxyl groups is 1. The molecule has 1 fully saturated rings. The van der Waals surface area contributed by atoms with Crippen molar-refractivity contribution in [2.24, 2.45) is 0 Å². The van der Waals surface area contributed by atoms with E-state index in [0.29, 0.717) is 21.5 Å². The van der Waals surface area contributed by atoms with Crippen LogP contribution >= 0.6 is 24.0 Å². The number of nitrogens with zero attached hydrogens (tertiary/aromatic N) is 1. The Balaban J connectivity index is 2.15. The number of phenols is 1. The Hall–Kier alpha value is -1.53. The molecule has 22 heavy (non-hydrogen) atoms. The number of unbranched alkanes of at least 4 members (excludes halogenated alkanes) is 2. The fourth-order valence-electron chi connectivity index (χ4n) is 2.15. The fourth-order valence-corrected chi connectivity index (χ4v) is 3.46. The van der Waals surface area contributed by atoms with Crippen molar-refractivity contribution in [3.8, 4) is 11.5 Å². The molecule has 0 aromatic heterocycles. The Morgan fingerprint density at radius 3 is 2.86 bits per heavy atom. The first-order chi connectivity index (χ1) is 10.6. The Morgan fingerprint density at radius 2 is 2.18 bits per heavy atom. The van der Waals surface area contributed by atoms with Gasteiger partial charge >= 0.3 is 0 Å². The van der Waals surface area contributed by atoms with Crippen molar-refractivity contribution in [1.29, 1.82) is 0 Å². The molecule has 0 aliphatic carbocycles. The summed E-state index contributed by atoms with van der Waals surface area (Å²) in [7, 11) is 1.49. The van der Waals surface area contributed by atoms with Gasteiger partial charge in [0, 0.05) is 6.54 Å². The third-order valence-corrected chi connectivity index (χ3v) is 4.74. The smallest absolute Gasteiger partial charge is 0.266 e. The maximum absolute atomic E-state index is 12.4. The quantitative estimate of drug-likeness (QED) is 0.486. The summed E-state index contributed by atoms with van der Waals surface area (Å²) in [5.41, 5.74) is 0.795. The van der Waals surface area contributed by atoms with Gasteiger partial charge in [0.2, 0.25) is 0 Å². The molecule has 1 aromatic rings. The van der Waals surface area contributed by atoms with Gasteiger partial charge in [-0.05, 0) is 30.2 Å². The van der Waals surface area contributed by atoms with Crippen LogP contribution in [0, 0.1) is 0 Å². The summed E-state index contributed by atoms with van der Waals surface area (Å²) < 4.78 is 5.69. The van der Waals surface area contributed by atoms with Crippen LogP contribution in [0.2, 0.25) is 0 Å². The molecule has 2 rings (SSSR count). The molecule has 4 nitrogen and oxygen atoms in total. The van der Waals surface area contributed by atoms with Crippen molar-refractivity contribution in [2.45, 2.75) is 26.2 Å². The van der Waals surface area contributed by atoms with E-state index in [-0.39, 0.29) is 11.7 Å². The molecule has 1 aromatic carbocycles. The number of carbonyl (C=O) groups is 1. The highest BCUT2D eigenvalue weighted by molar-refractivity contribution is 8.26. The van der Waals surface area contributed by atoms with E-state index in [1.165, 1.54) is 18.9 Å². The average Bonchev–Trinajstić information content (AvgIpc) is 2.76. The van der Waals surface area contributed by atoms with Gasteiger partial charge < -0.3 is 9.84 Å². The molecule has 1 aliphatic heterocycles. The Kier molecular flexibility index (Phi) is 5.85. The summed E-state index contributed by atoms with van der Waals surface area (Å²) in [6.07, 6.45) is 4.94. The maximum Gasteiger partial charge on any atom is 0.266 e. The number of amides is 1. The average molecular weight is 337 g/mol. The molecule has 1 heterocycles. The first kappa shape index (κ1) is 16.8. The minimum atomic E-state index is -0.0434. The second-order valence-corrected chi connectivity index (χ2v) is 6.65. The summed E-state index contributed by atoms with van der Waals surface area (Å²) in [6, 6.07) is 4.98. The van der Waals surface area contributed by atoms with Gasteiger partial charge in [-0.1, -0.05) is 49.8 Å². The van der Waals surface area contributed by atoms with Crippen molar-refractivity contribution >= 4 is 40.3 Å². The lowest BCUT2D eigenvalue weighted by Gasteiger charge is -2.13. The van der Waals surface area contributed by atoms with Crippen LogP contribution in [0.4, 0.5) is 0 Å². The number of phenolic OH excluding ortho intramolecular Hbond substituents is 1. The molecule has 118 valence electrons. The van der Waals surface area contributed by atoms with Crippen LogP contribution in [0.5, 0.6) is 11.5 Å². The van der Waals surface area contributed by atoms with Gasteiger partial charge in [-0.25, -0.2) is 0 Å². The van der Waals surface area contributed by atoms with Gasteiger partial charge in [0.25, 0.3) is 5.91 Å². The number of hydrogen-bond donors (Lipinski definition) is 1. The molecule has 0 spiro atoms. The second-order valence-electron chi connectivity index (χ2n) is 4.97. The van der Waals surface area contributed by atoms with Gasteiger partial charge in [0.05, 0.1) is 12.0 Å². The number of carbonyl (C=O) groups excluding carboxylic acids is 1. The normalized spacial score (nSPS) is 16.6. The second kappa shape index (κ2) is 7.65. The molecule has 0 radical (unpaired) electrons. The lowest BCUT2D eigenvalue weighted by Crippen LogP contribution is -2.28. The molecule has 1 amide bonds. The highest BCUT2D eigenvalue weighted by Gasteiger charge is 2.31. The van der Waals surface area contributed by atoms with Crippen LogP contribution in [0.1, 0.15) is 31.7 Å². The number of thiocarbonyl (C=S) groups is 1. The van der Waals surface area contributed by atoms with Crippen molar-refractivity contribution in [1.82, 2.24) is 4.90 Å². The molecular formula is C16H19NO3S2. The van der Waals surface area contributed by atoms with E-state index in [0.717, 1.165) is 24.8 Å². The number of methoxy groups -OCH3 is 1. The van der Waals surface area contributed by atoms with Crippen LogP contribution in [0.15, 0.2) is 23.1 Å². The summed E-state index contributed by atoms with van der Waals surface area (Å²) in [4.78, 5) is 14.7. The summed E-state index contributed by atoms with van der Waals surface area (Å²) in [6.45, 7) is 2.80. The number of benzene rings is 1. The first-order valence-corrected chi connectivity index (χ1v) is 8.41. The van der Waals surface area contributed by atoms with Crippen molar-refractivity contribution in [3.63, 3.8) is 0 Å². The van der Waals surface area contributed by atoms with Crippen LogP contribution in [-0.2, 0) is 4.79 Å². The SMILES string of the molecule is CCCCCN1C(=O)/C(=C\c2ccc(O)c(OC)c2)SC1=S. The van der Waals surface area contributed by atoms with Crippen LogP contribution in [-0.4, -0.2) is 33.9 Å². The predicted octanol–water partition coefficient (Wildman–Crippen LogP) is 3.79. The Bertz CT molecular complexity index is 613. The topological polar surface area (TPSA) is 49.8 Å². The zero-order valence-electron chi connectivity index (χ0n) is 12.7. The standard InChI is InChI=1S/C16H19NO3S2/c1-3-4-5-8-17-15(19)14(22-16(17)21)10-11-6-7-12(18)13(9-11)20-2/h6-7,9-10,18H,3-5,8H2,1-2H3/b14-10+. The minimum Gasteiger partial charge on any atom is -0.504 e. The minimum absolute atomic E-state index is 0.0434. The summed E-state index contributed by atoms with van der Waals surface area (Å²) >= 11 is 6.61. The zero-order chi connectivity index (χ0) is 16.1. The predicted molar refractivity (Wildman–Crippen MR) is 94.1 cm³/mol. The highest BCUT2D eigenvalue weighted by atomic mass is 32.2. The fraction of sp³-hybridized carbons (Fsp3) is 0.375. The van der Waals surface area contributed by atoms with E-state index in [1.807, 2.05) is 0 Å². The van der Waals surface area contributed by atoms with Crippen molar-refractivity contribution < 1.29 is 14.6 Å². The van der Waals surface area contributed by atoms with Crippen LogP contribution < -0.4 is 4.74 Å². The largest absolute Gasteiger partial charge is 0.504 e. The van der Waals surface area contributed by atoms with Crippen LogP contribution in [0.25, 0.3) is 6.08 Å². The van der Waals surface area contributed by atoms with E-state index < -0.39 is 0 Å². The number of hydrogen-bond acceptors (Lipinski definition) is 5. The number of rotatable bonds is 6. The van der Waals surface area contributed by atoms with Crippen molar-refractivity contribution in [3.05, 3.63) is 28.7 Å². The molecule has 1 saturated heterocycles. The Morgan fingerprint density at radius 1 is 1.41 bits per heavy atom. The third-order valence-electron chi connectivity index (χ3n) is 3.36. The third kappa shape index (κ3) is 3.81. The monoisotopic (exact) mass is 337 g/mol. The van der Waals surface area contributed by atoms with Gasteiger partial charge in [-0.15, -0.1) is 0 Å². The first-order valence-electron chi connectivity index (χ1n) is 7.19. The molecule has 0 atom stereocenters.